The van der Waals surface area contributed by atoms with E-state index < -0.39 is 11.3 Å². The number of anilines is 1. The molecule has 9 atom stereocenters. The summed E-state index contributed by atoms with van der Waals surface area (Å²) in [5.74, 6) is 0.629. The van der Waals surface area contributed by atoms with E-state index in [0.29, 0.717) is 56.1 Å². The van der Waals surface area contributed by atoms with Crippen LogP contribution in [-0.4, -0.2) is 53.2 Å². The molecule has 10 heteroatoms. The van der Waals surface area contributed by atoms with Crippen molar-refractivity contribution in [2.24, 2.45) is 50.2 Å². The average molecular weight is 777 g/mol. The monoisotopic (exact) mass is 776 g/mol. The summed E-state index contributed by atoms with van der Waals surface area (Å²) in [4.78, 5) is 51.8. The van der Waals surface area contributed by atoms with Gasteiger partial charge in [-0.2, -0.15) is 0 Å². The van der Waals surface area contributed by atoms with E-state index >= 15 is 0 Å². The lowest BCUT2D eigenvalue weighted by Gasteiger charge is -2.70. The maximum Gasteiger partial charge on any atom is 0.311 e. The number of carbonyl (C=O) groups excluding carboxylic acids is 4. The molecule has 1 aromatic rings. The largest absolute Gasteiger partial charge is 0.493 e. The van der Waals surface area contributed by atoms with Gasteiger partial charge < -0.3 is 19.9 Å². The Morgan fingerprint density at radius 1 is 0.804 bits per heavy atom. The minimum atomic E-state index is -0.630. The Labute approximate surface area is 334 Å². The van der Waals surface area contributed by atoms with Gasteiger partial charge in [0.1, 0.15) is 5.75 Å². The third kappa shape index (κ3) is 7.58. The van der Waals surface area contributed by atoms with Crippen LogP contribution in [0.3, 0.4) is 0 Å². The van der Waals surface area contributed by atoms with E-state index in [1.165, 1.54) is 5.57 Å². The number of nitrogens with one attached hydrogen (secondary N) is 2. The molecule has 0 radical (unpaired) electrons. The van der Waals surface area contributed by atoms with Crippen LogP contribution in [0, 0.1) is 50.2 Å². The van der Waals surface area contributed by atoms with Crippen LogP contribution in [0.5, 0.6) is 5.75 Å². The fourth-order valence-corrected chi connectivity index (χ4v) is 12.6. The number of benzene rings is 1. The Hall–Kier alpha value is -3.24. The van der Waals surface area contributed by atoms with Crippen molar-refractivity contribution in [1.29, 1.82) is 0 Å². The van der Waals surface area contributed by atoms with Crippen molar-refractivity contribution in [3.05, 3.63) is 35.9 Å². The topological polar surface area (TPSA) is 151 Å². The van der Waals surface area contributed by atoms with E-state index in [1.807, 2.05) is 0 Å². The summed E-state index contributed by atoms with van der Waals surface area (Å²) in [5, 5.41) is 22.5. The maximum atomic E-state index is 14.6. The van der Waals surface area contributed by atoms with E-state index in [-0.39, 0.29) is 75.7 Å². The van der Waals surface area contributed by atoms with Gasteiger partial charge in [-0.05, 0) is 147 Å². The van der Waals surface area contributed by atoms with Crippen LogP contribution in [0.4, 0.5) is 5.69 Å². The summed E-state index contributed by atoms with van der Waals surface area (Å²) in [7, 11) is 0. The van der Waals surface area contributed by atoms with Gasteiger partial charge in [0, 0.05) is 30.9 Å². The minimum Gasteiger partial charge on any atom is -0.493 e. The third-order valence-corrected chi connectivity index (χ3v) is 16.4. The number of unbranched alkanes of at least 4 members (excludes halogenated alkanes) is 2. The lowest BCUT2D eigenvalue weighted by molar-refractivity contribution is -0.202. The van der Waals surface area contributed by atoms with E-state index in [9.17, 15) is 24.3 Å². The van der Waals surface area contributed by atoms with Crippen LogP contribution in [0.2, 0.25) is 0 Å². The second kappa shape index (κ2) is 15.8. The Kier molecular flexibility index (Phi) is 12.0. The van der Waals surface area contributed by atoms with Gasteiger partial charge in [0.05, 0.1) is 24.7 Å². The Balaban J connectivity index is 1.02. The minimum absolute atomic E-state index is 0.0422. The number of carbonyl (C=O) groups is 4. The normalized spacial score (nSPS) is 37.1. The zero-order chi connectivity index (χ0) is 40.7. The number of allylic oxidation sites excluding steroid dienone is 2. The number of amides is 2. The average Bonchev–Trinajstić information content (AvgIpc) is 3.15. The first kappa shape index (κ1) is 42.4. The smallest absolute Gasteiger partial charge is 0.311 e. The Morgan fingerprint density at radius 2 is 1.48 bits per heavy atom. The number of esters is 1. The molecule has 2 amide bonds. The lowest BCUT2D eigenvalue weighted by atomic mass is 9.33. The predicted molar refractivity (Wildman–Crippen MR) is 215 cm³/mol. The molecule has 0 aromatic heterocycles. The van der Waals surface area contributed by atoms with Crippen LogP contribution in [0.25, 0.3) is 0 Å². The van der Waals surface area contributed by atoms with Gasteiger partial charge in [0.25, 0.3) is 0 Å². The van der Waals surface area contributed by atoms with Crippen molar-refractivity contribution >= 4 is 29.3 Å². The highest BCUT2D eigenvalue weighted by molar-refractivity contribution is 5.96. The molecule has 0 heterocycles. The van der Waals surface area contributed by atoms with E-state index in [0.717, 1.165) is 57.8 Å². The molecule has 310 valence electrons. The fraction of sp³-hybridized carbons (Fsp3) is 0.739. The summed E-state index contributed by atoms with van der Waals surface area (Å²) in [5.41, 5.74) is 2.30. The Morgan fingerprint density at radius 3 is 2.18 bits per heavy atom. The number of ketones is 1. The molecule has 0 unspecified atom stereocenters. The number of hydrogen-bond acceptors (Lipinski definition) is 8. The van der Waals surface area contributed by atoms with Gasteiger partial charge in [0.15, 0.2) is 5.78 Å². The number of hydrogen-bond donors (Lipinski definition) is 4. The number of aliphatic hydroxyl groups is 1. The van der Waals surface area contributed by atoms with Crippen LogP contribution in [0.15, 0.2) is 35.9 Å². The molecule has 10 nitrogen and oxygen atoms in total. The number of aliphatic hydroxyl groups excluding tert-OH is 1. The van der Waals surface area contributed by atoms with E-state index in [4.69, 9.17) is 14.7 Å². The highest BCUT2D eigenvalue weighted by Gasteiger charge is 2.70. The molecule has 5 aliphatic rings. The zero-order valence-corrected chi connectivity index (χ0v) is 35.1. The van der Waals surface area contributed by atoms with Crippen LogP contribution >= 0.6 is 0 Å². The second-order valence-electron chi connectivity index (χ2n) is 20.1. The number of rotatable bonds is 13. The van der Waals surface area contributed by atoms with Gasteiger partial charge in [-0.1, -0.05) is 53.5 Å². The summed E-state index contributed by atoms with van der Waals surface area (Å²) in [6.45, 7) is 16.7. The quantitative estimate of drug-likeness (QED) is 0.0672. The SMILES string of the molecule is CC1(C)[C@@H](O)CC[C@]2(C)[C@H]3C(=O)C=C4[C@@H]5C[C@@](C)(C(=O)OCCCOc6ccc(NC(=O)CCCCCC(=O)NO)cc6)CC[C@]5(C)CC[C@@]4(C)[C@]3(C)CC[C@@H]12. The van der Waals surface area contributed by atoms with Crippen molar-refractivity contribution in [2.75, 3.05) is 18.5 Å². The van der Waals surface area contributed by atoms with Gasteiger partial charge in [-0.25, -0.2) is 5.48 Å². The standard InChI is InChI=1S/C46H68N2O8/c1-41(2)35-18-21-46(7)39(44(35,5)20-19-36(41)50)34(49)28-32-33-29-43(4,23-22-42(33,3)24-25-45(32,46)6)40(53)56-27-11-26-55-31-16-14-30(15-17-31)47-37(51)12-9-8-10-13-38(52)48-54/h14-17,28,33,35-36,39,50,54H,8-13,18-27,29H2,1-7H3,(H,47,51)(H,48,52)/t33-,35-,36-,39+,42+,43-,44-,45+,46+/m0/s1. The number of hydroxylamine groups is 1. The Bertz CT molecular complexity index is 1690. The summed E-state index contributed by atoms with van der Waals surface area (Å²) < 4.78 is 11.9. The highest BCUT2D eigenvalue weighted by atomic mass is 16.5. The van der Waals surface area contributed by atoms with Crippen LogP contribution in [-0.2, 0) is 23.9 Å². The first-order chi connectivity index (χ1) is 26.3. The van der Waals surface area contributed by atoms with Gasteiger partial charge >= 0.3 is 5.97 Å². The molecule has 0 aliphatic heterocycles. The molecule has 6 rings (SSSR count). The van der Waals surface area contributed by atoms with Crippen molar-refractivity contribution in [1.82, 2.24) is 5.48 Å². The first-order valence-electron chi connectivity index (χ1n) is 21.4. The fourth-order valence-electron chi connectivity index (χ4n) is 12.6. The van der Waals surface area contributed by atoms with Gasteiger partial charge in [-0.3, -0.25) is 24.4 Å². The summed E-state index contributed by atoms with van der Waals surface area (Å²) in [6.07, 6.45) is 13.0. The lowest BCUT2D eigenvalue weighted by Crippen LogP contribution is -2.66. The first-order valence-corrected chi connectivity index (χ1v) is 21.4. The molecular weight excluding hydrogens is 709 g/mol. The van der Waals surface area contributed by atoms with Crippen molar-refractivity contribution in [3.8, 4) is 5.75 Å². The van der Waals surface area contributed by atoms with Gasteiger partial charge in [-0.15, -0.1) is 0 Å². The molecule has 5 aliphatic carbocycles. The molecule has 56 heavy (non-hydrogen) atoms. The molecule has 1 aromatic carbocycles. The zero-order valence-electron chi connectivity index (χ0n) is 35.1. The summed E-state index contributed by atoms with van der Waals surface area (Å²) in [6, 6.07) is 7.17. The second-order valence-corrected chi connectivity index (χ2v) is 20.1. The maximum absolute atomic E-state index is 14.6. The molecule has 0 bridgehead atoms. The third-order valence-electron chi connectivity index (χ3n) is 16.4. The van der Waals surface area contributed by atoms with Gasteiger partial charge in [0.2, 0.25) is 11.8 Å². The molecule has 4 saturated carbocycles. The van der Waals surface area contributed by atoms with Crippen molar-refractivity contribution in [2.45, 2.75) is 151 Å². The molecule has 0 spiro atoms. The molecular formula is C46H68N2O8. The van der Waals surface area contributed by atoms with Crippen LogP contribution in [0.1, 0.15) is 145 Å². The molecule has 0 saturated heterocycles. The number of ether oxygens (including phenoxy) is 2. The predicted octanol–water partition coefficient (Wildman–Crippen LogP) is 8.73. The van der Waals surface area contributed by atoms with Crippen LogP contribution < -0.4 is 15.5 Å². The molecule has 4 N–H and O–H groups in total. The highest BCUT2D eigenvalue weighted by Crippen LogP contribution is 2.75. The van der Waals surface area contributed by atoms with E-state index in [1.54, 1.807) is 29.7 Å². The number of fused-ring (bicyclic) bond motifs is 7. The van der Waals surface area contributed by atoms with Crippen molar-refractivity contribution in [3.63, 3.8) is 0 Å². The molecule has 4 fully saturated rings. The summed E-state index contributed by atoms with van der Waals surface area (Å²) >= 11 is 0. The van der Waals surface area contributed by atoms with E-state index in [2.05, 4.69) is 59.9 Å². The van der Waals surface area contributed by atoms with Crippen molar-refractivity contribution < 1.29 is 39.0 Å².